The fourth-order valence-corrected chi connectivity index (χ4v) is 0.682. The largest absolute Gasteiger partial charge is 0.373 e. The van der Waals surface area contributed by atoms with E-state index in [1.165, 1.54) is 0 Å². The molecule has 1 N–H and O–H groups in total. The predicted molar refractivity (Wildman–Crippen MR) is 49.9 cm³/mol. The second kappa shape index (κ2) is 5.71. The van der Waals surface area contributed by atoms with Crippen molar-refractivity contribution in [2.75, 3.05) is 12.4 Å². The zero-order valence-electron chi connectivity index (χ0n) is 7.68. The van der Waals surface area contributed by atoms with Gasteiger partial charge in [-0.1, -0.05) is 19.9 Å². The van der Waals surface area contributed by atoms with E-state index >= 15 is 0 Å². The maximum Gasteiger partial charge on any atom is 0.125 e. The Hall–Kier alpha value is -1.05. The fraction of sp³-hybridized carbons (Fsp3) is 0.444. The third-order valence-corrected chi connectivity index (χ3v) is 1.14. The predicted octanol–water partition coefficient (Wildman–Crippen LogP) is 2.46. The third kappa shape index (κ3) is 3.61. The van der Waals surface area contributed by atoms with Crippen LogP contribution in [0.2, 0.25) is 0 Å². The molecule has 0 amide bonds. The second-order valence-electron chi connectivity index (χ2n) is 1.91. The summed E-state index contributed by atoms with van der Waals surface area (Å²) in [5.41, 5.74) is 1.04. The Morgan fingerprint density at radius 2 is 1.91 bits per heavy atom. The lowest BCUT2D eigenvalue weighted by molar-refractivity contribution is 1.19. The van der Waals surface area contributed by atoms with Crippen LogP contribution in [0.1, 0.15) is 19.5 Å². The van der Waals surface area contributed by atoms with Crippen LogP contribution in [0.3, 0.4) is 0 Å². The lowest BCUT2D eigenvalue weighted by Gasteiger charge is -1.97. The summed E-state index contributed by atoms with van der Waals surface area (Å²) in [4.78, 5) is 4.18. The van der Waals surface area contributed by atoms with Gasteiger partial charge in [-0.25, -0.2) is 4.98 Å². The number of rotatable bonds is 1. The second-order valence-corrected chi connectivity index (χ2v) is 1.91. The first-order chi connectivity index (χ1) is 5.33. The molecule has 0 aliphatic rings. The summed E-state index contributed by atoms with van der Waals surface area (Å²) in [6.07, 6.45) is 0. The fourth-order valence-electron chi connectivity index (χ4n) is 0.682. The molecule has 0 spiro atoms. The Kier molecular flexibility index (Phi) is 5.17. The molecule has 2 nitrogen and oxygen atoms in total. The molecule has 0 fully saturated rings. The summed E-state index contributed by atoms with van der Waals surface area (Å²) in [6.45, 7) is 5.97. The molecule has 1 aromatic heterocycles. The van der Waals surface area contributed by atoms with Gasteiger partial charge in [-0.3, -0.25) is 0 Å². The number of nitrogens with one attached hydrogen (secondary N) is 1. The van der Waals surface area contributed by atoms with Gasteiger partial charge in [0.15, 0.2) is 0 Å². The average Bonchev–Trinajstić information content (AvgIpc) is 2.08. The molecule has 2 heteroatoms. The Morgan fingerprint density at radius 1 is 1.27 bits per heavy atom. The summed E-state index contributed by atoms with van der Waals surface area (Å²) >= 11 is 0. The lowest BCUT2D eigenvalue weighted by atomic mass is 10.4. The van der Waals surface area contributed by atoms with Crippen molar-refractivity contribution in [2.45, 2.75) is 20.8 Å². The number of anilines is 1. The molecule has 62 valence electrons. The summed E-state index contributed by atoms with van der Waals surface area (Å²) in [6, 6.07) is 5.89. The van der Waals surface area contributed by atoms with E-state index in [0.29, 0.717) is 0 Å². The van der Waals surface area contributed by atoms with Crippen LogP contribution in [0.5, 0.6) is 0 Å². The first kappa shape index (κ1) is 9.95. The van der Waals surface area contributed by atoms with Crippen LogP contribution in [0.4, 0.5) is 5.82 Å². The van der Waals surface area contributed by atoms with Crippen LogP contribution in [0.25, 0.3) is 0 Å². The lowest BCUT2D eigenvalue weighted by Crippen LogP contribution is -1.91. The molecule has 0 saturated carbocycles. The van der Waals surface area contributed by atoms with Crippen LogP contribution in [0, 0.1) is 6.92 Å². The van der Waals surface area contributed by atoms with E-state index in [9.17, 15) is 0 Å². The number of nitrogens with zero attached hydrogens (tertiary/aromatic N) is 1. The molecular formula is C9H16N2. The number of pyridine rings is 1. The molecule has 0 aliphatic carbocycles. The van der Waals surface area contributed by atoms with E-state index in [1.54, 1.807) is 0 Å². The number of hydrogen-bond acceptors (Lipinski definition) is 2. The van der Waals surface area contributed by atoms with Gasteiger partial charge in [0.2, 0.25) is 0 Å². The van der Waals surface area contributed by atoms with Gasteiger partial charge in [0.25, 0.3) is 0 Å². The highest BCUT2D eigenvalue weighted by Gasteiger charge is 1.86. The van der Waals surface area contributed by atoms with Crippen molar-refractivity contribution in [2.24, 2.45) is 0 Å². The standard InChI is InChI=1S/C7H10N2.C2H6/c1-6-4-3-5-7(8-2)9-6;1-2/h3-5H,1-2H3,(H,8,9);1-2H3. The monoisotopic (exact) mass is 152 g/mol. The molecule has 0 aliphatic heterocycles. The zero-order chi connectivity index (χ0) is 8.69. The van der Waals surface area contributed by atoms with Gasteiger partial charge in [0, 0.05) is 12.7 Å². The Morgan fingerprint density at radius 3 is 2.27 bits per heavy atom. The van der Waals surface area contributed by atoms with Crippen LogP contribution in [-0.2, 0) is 0 Å². The minimum atomic E-state index is 0.926. The van der Waals surface area contributed by atoms with Crippen LogP contribution >= 0.6 is 0 Å². The van der Waals surface area contributed by atoms with E-state index in [2.05, 4.69) is 10.3 Å². The van der Waals surface area contributed by atoms with Crippen molar-refractivity contribution in [1.82, 2.24) is 4.98 Å². The van der Waals surface area contributed by atoms with Crippen molar-refractivity contribution >= 4 is 5.82 Å². The summed E-state index contributed by atoms with van der Waals surface area (Å²) < 4.78 is 0. The zero-order valence-corrected chi connectivity index (χ0v) is 7.68. The van der Waals surface area contributed by atoms with Crippen LogP contribution < -0.4 is 5.32 Å². The normalized spacial score (nSPS) is 8.00. The minimum absolute atomic E-state index is 0.926. The molecule has 0 saturated heterocycles. The van der Waals surface area contributed by atoms with Gasteiger partial charge < -0.3 is 5.32 Å². The molecule has 0 aromatic carbocycles. The molecule has 0 radical (unpaired) electrons. The van der Waals surface area contributed by atoms with Crippen molar-refractivity contribution in [1.29, 1.82) is 0 Å². The van der Waals surface area contributed by atoms with Gasteiger partial charge in [-0.2, -0.15) is 0 Å². The van der Waals surface area contributed by atoms with Crippen molar-refractivity contribution < 1.29 is 0 Å². The quantitative estimate of drug-likeness (QED) is 0.668. The first-order valence-corrected chi connectivity index (χ1v) is 3.94. The van der Waals surface area contributed by atoms with E-state index in [4.69, 9.17) is 0 Å². The van der Waals surface area contributed by atoms with Gasteiger partial charge in [-0.15, -0.1) is 0 Å². The highest BCUT2D eigenvalue weighted by molar-refractivity contribution is 5.33. The Bertz CT molecular complexity index is 197. The number of aromatic nitrogens is 1. The highest BCUT2D eigenvalue weighted by atomic mass is 15.0. The van der Waals surface area contributed by atoms with Gasteiger partial charge >= 0.3 is 0 Å². The van der Waals surface area contributed by atoms with Crippen molar-refractivity contribution in [3.05, 3.63) is 23.9 Å². The van der Waals surface area contributed by atoms with E-state index in [-0.39, 0.29) is 0 Å². The molecule has 0 bridgehead atoms. The molecule has 0 unspecified atom stereocenters. The summed E-state index contributed by atoms with van der Waals surface area (Å²) in [5.74, 6) is 0.926. The molecule has 1 heterocycles. The van der Waals surface area contributed by atoms with E-state index in [0.717, 1.165) is 11.5 Å². The molecule has 11 heavy (non-hydrogen) atoms. The Balaban J connectivity index is 0.000000461. The topological polar surface area (TPSA) is 24.9 Å². The van der Waals surface area contributed by atoms with Crippen LogP contribution in [0.15, 0.2) is 18.2 Å². The molecular weight excluding hydrogens is 136 g/mol. The maximum absolute atomic E-state index is 4.18. The summed E-state index contributed by atoms with van der Waals surface area (Å²) in [5, 5.41) is 2.96. The van der Waals surface area contributed by atoms with Crippen molar-refractivity contribution in [3.8, 4) is 0 Å². The molecule has 1 rings (SSSR count). The van der Waals surface area contributed by atoms with E-state index < -0.39 is 0 Å². The molecule has 1 aromatic rings. The first-order valence-electron chi connectivity index (χ1n) is 3.94. The average molecular weight is 152 g/mol. The van der Waals surface area contributed by atoms with Gasteiger partial charge in [0.05, 0.1) is 0 Å². The summed E-state index contributed by atoms with van der Waals surface area (Å²) in [7, 11) is 1.86. The molecule has 0 atom stereocenters. The maximum atomic E-state index is 4.18. The van der Waals surface area contributed by atoms with Crippen molar-refractivity contribution in [3.63, 3.8) is 0 Å². The minimum Gasteiger partial charge on any atom is -0.373 e. The van der Waals surface area contributed by atoms with Gasteiger partial charge in [-0.05, 0) is 19.1 Å². The smallest absolute Gasteiger partial charge is 0.125 e. The van der Waals surface area contributed by atoms with Crippen LogP contribution in [-0.4, -0.2) is 12.0 Å². The third-order valence-electron chi connectivity index (χ3n) is 1.14. The number of hydrogen-bond donors (Lipinski definition) is 1. The van der Waals surface area contributed by atoms with Gasteiger partial charge in [0.1, 0.15) is 5.82 Å². The Labute approximate surface area is 68.7 Å². The highest BCUT2D eigenvalue weighted by Crippen LogP contribution is 2.00. The van der Waals surface area contributed by atoms with E-state index in [1.807, 2.05) is 46.0 Å². The number of aryl methyl sites for hydroxylation is 1. The SMILES string of the molecule is CC.CNc1cccc(C)n1.